The number of nitrogens with zero attached hydrogens (tertiary/aromatic N) is 1. The topological polar surface area (TPSA) is 104 Å². The fourth-order valence-electron chi connectivity index (χ4n) is 1.58. The number of carbonyl (C=O) groups excluding carboxylic acids is 1. The molecule has 2 atom stereocenters. The number of carbonyl (C=O) groups is 2. The van der Waals surface area contributed by atoms with Crippen molar-refractivity contribution in [2.75, 3.05) is 13.2 Å². The molecule has 0 bridgehead atoms. The molecular weight excluding hydrogens is 188 g/mol. The molecule has 4 N–H and O–H groups in total. The molecule has 1 amide bonds. The monoisotopic (exact) mass is 202 g/mol. The molecule has 0 saturated carbocycles. The second-order valence-corrected chi connectivity index (χ2v) is 3.32. The molecule has 6 heteroatoms. The molecule has 0 aromatic carbocycles. The van der Waals surface area contributed by atoms with Crippen molar-refractivity contribution < 1.29 is 19.8 Å². The van der Waals surface area contributed by atoms with E-state index in [1.54, 1.807) is 0 Å². The van der Waals surface area contributed by atoms with Gasteiger partial charge in [0.2, 0.25) is 5.91 Å². The average molecular weight is 202 g/mol. The number of hydrogen-bond donors (Lipinski definition) is 3. The first-order chi connectivity index (χ1) is 6.57. The van der Waals surface area contributed by atoms with Crippen molar-refractivity contribution in [3.63, 3.8) is 0 Å². The van der Waals surface area contributed by atoms with Gasteiger partial charge in [0.1, 0.15) is 12.1 Å². The quantitative estimate of drug-likeness (QED) is 0.510. The number of carboxylic acid groups (broad SMARTS) is 1. The van der Waals surface area contributed by atoms with Crippen LogP contribution in [0, 0.1) is 0 Å². The Kier molecular flexibility index (Phi) is 3.43. The van der Waals surface area contributed by atoms with Gasteiger partial charge in [-0.05, 0) is 12.8 Å². The van der Waals surface area contributed by atoms with Crippen LogP contribution in [-0.2, 0) is 9.59 Å². The first-order valence-electron chi connectivity index (χ1n) is 4.47. The summed E-state index contributed by atoms with van der Waals surface area (Å²) in [5, 5.41) is 17.5. The van der Waals surface area contributed by atoms with Gasteiger partial charge in [0.05, 0.1) is 6.61 Å². The van der Waals surface area contributed by atoms with Crippen LogP contribution >= 0.6 is 0 Å². The van der Waals surface area contributed by atoms with E-state index in [9.17, 15) is 9.59 Å². The van der Waals surface area contributed by atoms with E-state index < -0.39 is 30.6 Å². The lowest BCUT2D eigenvalue weighted by molar-refractivity contribution is -0.149. The summed E-state index contributed by atoms with van der Waals surface area (Å²) in [4.78, 5) is 23.4. The Hall–Kier alpha value is -1.14. The maximum Gasteiger partial charge on any atom is 0.326 e. The van der Waals surface area contributed by atoms with E-state index >= 15 is 0 Å². The van der Waals surface area contributed by atoms with Crippen LogP contribution in [0.3, 0.4) is 0 Å². The van der Waals surface area contributed by atoms with Gasteiger partial charge in [-0.3, -0.25) is 4.79 Å². The van der Waals surface area contributed by atoms with Crippen molar-refractivity contribution in [3.8, 4) is 0 Å². The van der Waals surface area contributed by atoms with Gasteiger partial charge >= 0.3 is 5.97 Å². The molecule has 1 saturated heterocycles. The predicted octanol–water partition coefficient (Wildman–Crippen LogP) is -1.62. The number of hydrogen-bond acceptors (Lipinski definition) is 4. The normalized spacial score (nSPS) is 23.6. The highest BCUT2D eigenvalue weighted by Gasteiger charge is 2.35. The zero-order valence-electron chi connectivity index (χ0n) is 7.72. The smallest absolute Gasteiger partial charge is 0.326 e. The zero-order chi connectivity index (χ0) is 10.7. The largest absolute Gasteiger partial charge is 0.480 e. The number of amides is 1. The van der Waals surface area contributed by atoms with Crippen molar-refractivity contribution in [1.29, 1.82) is 0 Å². The Balaban J connectivity index is 2.67. The van der Waals surface area contributed by atoms with Crippen molar-refractivity contribution in [1.82, 2.24) is 4.90 Å². The van der Waals surface area contributed by atoms with Crippen LogP contribution in [0.15, 0.2) is 0 Å². The van der Waals surface area contributed by atoms with E-state index in [2.05, 4.69) is 0 Å². The van der Waals surface area contributed by atoms with Crippen LogP contribution in [0.4, 0.5) is 0 Å². The molecule has 0 aliphatic carbocycles. The molecule has 14 heavy (non-hydrogen) atoms. The average Bonchev–Trinajstić information content (AvgIpc) is 2.63. The van der Waals surface area contributed by atoms with Gasteiger partial charge < -0.3 is 20.8 Å². The highest BCUT2D eigenvalue weighted by Crippen LogP contribution is 2.17. The van der Waals surface area contributed by atoms with Crippen LogP contribution in [0.5, 0.6) is 0 Å². The molecule has 0 aromatic rings. The van der Waals surface area contributed by atoms with Gasteiger partial charge in [0, 0.05) is 6.54 Å². The van der Waals surface area contributed by atoms with Gasteiger partial charge in [-0.15, -0.1) is 0 Å². The lowest BCUT2D eigenvalue weighted by atomic mass is 10.2. The second kappa shape index (κ2) is 4.39. The third-order valence-corrected chi connectivity index (χ3v) is 2.33. The fraction of sp³-hybridized carbons (Fsp3) is 0.750. The standard InChI is InChI=1S/C8H14N2O4/c9-5(4-11)7(12)10-3-1-2-6(10)8(13)14/h5-6,11H,1-4,9H2,(H,13,14)/t5-,6-/m0/s1. The Labute approximate surface area is 81.3 Å². The van der Waals surface area contributed by atoms with Gasteiger partial charge in [-0.2, -0.15) is 0 Å². The summed E-state index contributed by atoms with van der Waals surface area (Å²) in [7, 11) is 0. The number of aliphatic carboxylic acids is 1. The van der Waals surface area contributed by atoms with Crippen LogP contribution in [0.2, 0.25) is 0 Å². The summed E-state index contributed by atoms with van der Waals surface area (Å²) in [6.45, 7) is -0.0504. The van der Waals surface area contributed by atoms with Crippen molar-refractivity contribution in [2.45, 2.75) is 24.9 Å². The molecule has 1 aliphatic rings. The summed E-state index contributed by atoms with van der Waals surface area (Å²) in [6, 6.07) is -1.78. The minimum absolute atomic E-state index is 0.406. The second-order valence-electron chi connectivity index (χ2n) is 3.32. The molecular formula is C8H14N2O4. The molecule has 6 nitrogen and oxygen atoms in total. The highest BCUT2D eigenvalue weighted by atomic mass is 16.4. The summed E-state index contributed by atoms with van der Waals surface area (Å²) < 4.78 is 0. The molecule has 0 unspecified atom stereocenters. The number of aliphatic hydroxyl groups is 1. The van der Waals surface area contributed by atoms with E-state index in [-0.39, 0.29) is 0 Å². The Morgan fingerprint density at radius 2 is 2.21 bits per heavy atom. The van der Waals surface area contributed by atoms with Crippen molar-refractivity contribution >= 4 is 11.9 Å². The SMILES string of the molecule is N[C@@H](CO)C(=O)N1CCC[C@H]1C(=O)O. The Morgan fingerprint density at radius 1 is 1.57 bits per heavy atom. The molecule has 1 fully saturated rings. The van der Waals surface area contributed by atoms with Gasteiger partial charge in [0.25, 0.3) is 0 Å². The maximum atomic E-state index is 11.5. The Morgan fingerprint density at radius 3 is 2.71 bits per heavy atom. The number of nitrogens with two attached hydrogens (primary N) is 1. The van der Waals surface area contributed by atoms with Crippen molar-refractivity contribution in [2.24, 2.45) is 5.73 Å². The number of carboxylic acids is 1. The number of rotatable bonds is 3. The molecule has 0 aromatic heterocycles. The lowest BCUT2D eigenvalue weighted by Crippen LogP contribution is -2.49. The molecule has 1 rings (SSSR count). The van der Waals surface area contributed by atoms with Crippen LogP contribution in [-0.4, -0.2) is 52.2 Å². The lowest BCUT2D eigenvalue weighted by Gasteiger charge is -2.23. The van der Waals surface area contributed by atoms with Crippen molar-refractivity contribution in [3.05, 3.63) is 0 Å². The zero-order valence-corrected chi connectivity index (χ0v) is 7.72. The molecule has 1 aliphatic heterocycles. The minimum Gasteiger partial charge on any atom is -0.480 e. The maximum absolute atomic E-state index is 11.5. The fourth-order valence-corrected chi connectivity index (χ4v) is 1.58. The minimum atomic E-state index is -1.01. The molecule has 1 heterocycles. The molecule has 0 radical (unpaired) electrons. The molecule has 0 spiro atoms. The van der Waals surface area contributed by atoms with E-state index in [1.807, 2.05) is 0 Å². The highest BCUT2D eigenvalue weighted by molar-refractivity contribution is 5.87. The third kappa shape index (κ3) is 2.02. The van der Waals surface area contributed by atoms with E-state index in [1.165, 1.54) is 4.90 Å². The Bertz CT molecular complexity index is 243. The van der Waals surface area contributed by atoms with Crippen LogP contribution in [0.1, 0.15) is 12.8 Å². The first-order valence-corrected chi connectivity index (χ1v) is 4.47. The van der Waals surface area contributed by atoms with Gasteiger partial charge in [-0.1, -0.05) is 0 Å². The summed E-state index contributed by atoms with van der Waals surface area (Å²) in [5.41, 5.74) is 5.32. The predicted molar refractivity (Wildman–Crippen MR) is 47.4 cm³/mol. The summed E-state index contributed by atoms with van der Waals surface area (Å²) >= 11 is 0. The van der Waals surface area contributed by atoms with E-state index in [0.717, 1.165) is 0 Å². The van der Waals surface area contributed by atoms with Gasteiger partial charge in [0.15, 0.2) is 0 Å². The van der Waals surface area contributed by atoms with E-state index in [4.69, 9.17) is 15.9 Å². The summed E-state index contributed by atoms with van der Waals surface area (Å²) in [6.07, 6.45) is 1.13. The summed E-state index contributed by atoms with van der Waals surface area (Å²) in [5.74, 6) is -1.50. The van der Waals surface area contributed by atoms with Crippen LogP contribution in [0.25, 0.3) is 0 Å². The van der Waals surface area contributed by atoms with Crippen LogP contribution < -0.4 is 5.73 Å². The first kappa shape index (κ1) is 10.9. The van der Waals surface area contributed by atoms with Gasteiger partial charge in [-0.25, -0.2) is 4.79 Å². The number of likely N-dealkylation sites (tertiary alicyclic amines) is 1. The third-order valence-electron chi connectivity index (χ3n) is 2.33. The number of aliphatic hydroxyl groups excluding tert-OH is 1. The molecule has 80 valence electrons. The van der Waals surface area contributed by atoms with E-state index in [0.29, 0.717) is 19.4 Å².